The molecule has 1 atom stereocenters. The Bertz CT molecular complexity index is 740. The van der Waals surface area contributed by atoms with Crippen LogP contribution in [-0.2, 0) is 16.1 Å². The van der Waals surface area contributed by atoms with Crippen LogP contribution >= 0.6 is 23.4 Å². The minimum Gasteiger partial charge on any atom is -0.376 e. The van der Waals surface area contributed by atoms with Gasteiger partial charge in [0.2, 0.25) is 5.91 Å². The van der Waals surface area contributed by atoms with Crippen LogP contribution in [-0.4, -0.2) is 33.9 Å². The maximum Gasteiger partial charge on any atom is 0.234 e. The molecule has 1 aliphatic heterocycles. The molecule has 5 nitrogen and oxygen atoms in total. The van der Waals surface area contributed by atoms with E-state index in [1.807, 2.05) is 6.92 Å². The summed E-state index contributed by atoms with van der Waals surface area (Å²) in [7, 11) is 0. The third kappa shape index (κ3) is 4.77. The molecule has 1 saturated heterocycles. The molecule has 1 aromatic carbocycles. The molecule has 0 saturated carbocycles. The first-order valence-corrected chi connectivity index (χ1v) is 9.73. The third-order valence-electron chi connectivity index (χ3n) is 4.29. The van der Waals surface area contributed by atoms with Crippen molar-refractivity contribution in [1.29, 1.82) is 0 Å². The van der Waals surface area contributed by atoms with Crippen molar-refractivity contribution in [3.05, 3.63) is 40.7 Å². The number of aromatic nitrogens is 2. The molecule has 0 aliphatic carbocycles. The predicted octanol–water partition coefficient (Wildman–Crippen LogP) is 4.06. The molecule has 0 spiro atoms. The number of carbonyl (C=O) groups excluding carboxylic acids is 1. The predicted molar refractivity (Wildman–Crippen MR) is 101 cm³/mol. The summed E-state index contributed by atoms with van der Waals surface area (Å²) < 4.78 is 7.91. The lowest BCUT2D eigenvalue weighted by molar-refractivity contribution is -0.113. The summed E-state index contributed by atoms with van der Waals surface area (Å²) in [6.45, 7) is 5.70. The van der Waals surface area contributed by atoms with Gasteiger partial charge in [0.05, 0.1) is 24.1 Å². The topological polar surface area (TPSA) is 56.2 Å². The molecule has 7 heteroatoms. The van der Waals surface area contributed by atoms with E-state index in [4.69, 9.17) is 16.3 Å². The highest BCUT2D eigenvalue weighted by Crippen LogP contribution is 2.24. The van der Waals surface area contributed by atoms with E-state index in [-0.39, 0.29) is 12.0 Å². The van der Waals surface area contributed by atoms with Crippen molar-refractivity contribution in [2.45, 2.75) is 44.5 Å². The highest BCUT2D eigenvalue weighted by atomic mass is 35.5. The van der Waals surface area contributed by atoms with Gasteiger partial charge in [0, 0.05) is 23.0 Å². The summed E-state index contributed by atoms with van der Waals surface area (Å²) in [6.07, 6.45) is 2.44. The van der Waals surface area contributed by atoms with Crippen LogP contribution in [0.2, 0.25) is 5.02 Å². The lowest BCUT2D eigenvalue weighted by atomic mass is 10.2. The Morgan fingerprint density at radius 2 is 2.16 bits per heavy atom. The van der Waals surface area contributed by atoms with Gasteiger partial charge < -0.3 is 14.6 Å². The van der Waals surface area contributed by atoms with Crippen LogP contribution in [0.4, 0.5) is 5.69 Å². The quantitative estimate of drug-likeness (QED) is 0.769. The normalized spacial score (nSPS) is 17.0. The second-order valence-electron chi connectivity index (χ2n) is 6.15. The lowest BCUT2D eigenvalue weighted by Crippen LogP contribution is -2.18. The Morgan fingerprint density at radius 1 is 1.40 bits per heavy atom. The van der Waals surface area contributed by atoms with Crippen LogP contribution < -0.4 is 5.32 Å². The summed E-state index contributed by atoms with van der Waals surface area (Å²) in [6, 6.07) is 7.09. The minimum atomic E-state index is -0.0608. The maximum atomic E-state index is 12.2. The number of nitrogens with zero attached hydrogens (tertiary/aromatic N) is 2. The second kappa shape index (κ2) is 8.25. The van der Waals surface area contributed by atoms with Gasteiger partial charge >= 0.3 is 0 Å². The molecule has 1 aromatic heterocycles. The summed E-state index contributed by atoms with van der Waals surface area (Å²) in [5, 5.41) is 4.39. The van der Waals surface area contributed by atoms with E-state index < -0.39 is 0 Å². The zero-order valence-electron chi connectivity index (χ0n) is 14.4. The van der Waals surface area contributed by atoms with E-state index in [1.165, 1.54) is 11.8 Å². The minimum absolute atomic E-state index is 0.0608. The number of anilines is 1. The number of rotatable bonds is 6. The van der Waals surface area contributed by atoms with Crippen LogP contribution in [0.15, 0.2) is 29.4 Å². The fraction of sp³-hybridized carbons (Fsp3) is 0.444. The van der Waals surface area contributed by atoms with Gasteiger partial charge in [-0.2, -0.15) is 0 Å². The zero-order chi connectivity index (χ0) is 17.8. The number of imidazole rings is 1. The summed E-state index contributed by atoms with van der Waals surface area (Å²) in [5.74, 6) is 0.249. The van der Waals surface area contributed by atoms with Gasteiger partial charge in [0.1, 0.15) is 0 Å². The monoisotopic (exact) mass is 379 g/mol. The van der Waals surface area contributed by atoms with Gasteiger partial charge in [-0.05, 0) is 51.0 Å². The number of benzene rings is 1. The first-order valence-electron chi connectivity index (χ1n) is 8.36. The van der Waals surface area contributed by atoms with E-state index in [0.717, 1.165) is 48.2 Å². The number of hydrogen-bond donors (Lipinski definition) is 1. The van der Waals surface area contributed by atoms with Gasteiger partial charge in [0.15, 0.2) is 5.16 Å². The molecule has 2 heterocycles. The van der Waals surface area contributed by atoms with E-state index >= 15 is 0 Å². The summed E-state index contributed by atoms with van der Waals surface area (Å²) in [4.78, 5) is 16.8. The van der Waals surface area contributed by atoms with E-state index in [2.05, 4.69) is 21.8 Å². The molecule has 1 aliphatic rings. The van der Waals surface area contributed by atoms with Crippen LogP contribution in [0, 0.1) is 13.8 Å². The number of thioether (sulfide) groups is 1. The number of aryl methyl sites for hydroxylation is 1. The van der Waals surface area contributed by atoms with Gasteiger partial charge in [-0.3, -0.25) is 4.79 Å². The number of ether oxygens (including phenoxy) is 1. The van der Waals surface area contributed by atoms with E-state index in [1.54, 1.807) is 24.3 Å². The van der Waals surface area contributed by atoms with Crippen LogP contribution in [0.3, 0.4) is 0 Å². The van der Waals surface area contributed by atoms with Crippen molar-refractivity contribution in [3.8, 4) is 0 Å². The van der Waals surface area contributed by atoms with Crippen molar-refractivity contribution in [2.24, 2.45) is 0 Å². The molecule has 1 N–H and O–H groups in total. The van der Waals surface area contributed by atoms with Crippen molar-refractivity contribution in [2.75, 3.05) is 17.7 Å². The highest BCUT2D eigenvalue weighted by molar-refractivity contribution is 7.99. The average Bonchev–Trinajstić information content (AvgIpc) is 3.19. The standard InChI is InChI=1S/C18H22ClN3O2S/c1-12-13(2)22(10-16-4-3-9-24-16)18(20-12)25-11-17(23)21-15-7-5-14(19)6-8-15/h5-8,16H,3-4,9-11H2,1-2H3,(H,21,23). The average molecular weight is 380 g/mol. The number of halogens is 1. The molecular formula is C18H22ClN3O2S. The van der Waals surface area contributed by atoms with Gasteiger partial charge in [-0.1, -0.05) is 23.4 Å². The maximum absolute atomic E-state index is 12.2. The SMILES string of the molecule is Cc1nc(SCC(=O)Nc2ccc(Cl)cc2)n(CC2CCCO2)c1C. The lowest BCUT2D eigenvalue weighted by Gasteiger charge is -2.14. The van der Waals surface area contributed by atoms with Crippen molar-refractivity contribution in [1.82, 2.24) is 9.55 Å². The largest absolute Gasteiger partial charge is 0.376 e. The zero-order valence-corrected chi connectivity index (χ0v) is 16.0. The first-order chi connectivity index (χ1) is 12.0. The van der Waals surface area contributed by atoms with Crippen LogP contribution in [0.1, 0.15) is 24.2 Å². The second-order valence-corrected chi connectivity index (χ2v) is 7.53. The highest BCUT2D eigenvalue weighted by Gasteiger charge is 2.20. The van der Waals surface area contributed by atoms with Crippen molar-refractivity contribution in [3.63, 3.8) is 0 Å². The smallest absolute Gasteiger partial charge is 0.234 e. The summed E-state index contributed by atoms with van der Waals surface area (Å²) >= 11 is 7.31. The number of hydrogen-bond acceptors (Lipinski definition) is 4. The summed E-state index contributed by atoms with van der Waals surface area (Å²) in [5.41, 5.74) is 2.87. The number of nitrogens with one attached hydrogen (secondary N) is 1. The van der Waals surface area contributed by atoms with Gasteiger partial charge in [-0.25, -0.2) is 4.98 Å². The van der Waals surface area contributed by atoms with Crippen LogP contribution in [0.25, 0.3) is 0 Å². The molecule has 3 rings (SSSR count). The van der Waals surface area contributed by atoms with Gasteiger partial charge in [0.25, 0.3) is 0 Å². The number of carbonyl (C=O) groups is 1. The third-order valence-corrected chi connectivity index (χ3v) is 5.52. The van der Waals surface area contributed by atoms with Gasteiger partial charge in [-0.15, -0.1) is 0 Å². The molecule has 1 amide bonds. The van der Waals surface area contributed by atoms with E-state index in [0.29, 0.717) is 10.8 Å². The molecule has 0 radical (unpaired) electrons. The van der Waals surface area contributed by atoms with Crippen molar-refractivity contribution < 1.29 is 9.53 Å². The Kier molecular flexibility index (Phi) is 6.04. The molecular weight excluding hydrogens is 358 g/mol. The van der Waals surface area contributed by atoms with Crippen molar-refractivity contribution >= 4 is 35.0 Å². The Balaban J connectivity index is 1.61. The first kappa shape index (κ1) is 18.3. The fourth-order valence-corrected chi connectivity index (χ4v) is 3.83. The molecule has 25 heavy (non-hydrogen) atoms. The Morgan fingerprint density at radius 3 is 2.84 bits per heavy atom. The number of amides is 1. The molecule has 1 fully saturated rings. The fourth-order valence-electron chi connectivity index (χ4n) is 2.80. The molecule has 134 valence electrons. The molecule has 1 unspecified atom stereocenters. The Labute approximate surface area is 157 Å². The Hall–Kier alpha value is -1.50. The van der Waals surface area contributed by atoms with Crippen LogP contribution in [0.5, 0.6) is 0 Å². The van der Waals surface area contributed by atoms with E-state index in [9.17, 15) is 4.79 Å². The molecule has 0 bridgehead atoms. The molecule has 2 aromatic rings.